The van der Waals surface area contributed by atoms with E-state index in [9.17, 15) is 14.4 Å². The van der Waals surface area contributed by atoms with Gasteiger partial charge in [-0.25, -0.2) is 0 Å². The monoisotopic (exact) mass is 326 g/mol. The number of nitrogens with two attached hydrogens (primary N) is 2. The maximum Gasteiger partial charge on any atom is 0.239 e. The van der Waals surface area contributed by atoms with Crippen LogP contribution in [-0.2, 0) is 14.4 Å². The van der Waals surface area contributed by atoms with Crippen molar-refractivity contribution in [3.8, 4) is 0 Å². The van der Waals surface area contributed by atoms with Gasteiger partial charge in [0.05, 0.1) is 13.1 Å². The third-order valence-corrected chi connectivity index (χ3v) is 3.27. The van der Waals surface area contributed by atoms with Crippen LogP contribution in [0.4, 0.5) is 0 Å². The fourth-order valence-corrected chi connectivity index (χ4v) is 1.70. The second-order valence-corrected chi connectivity index (χ2v) is 6.87. The van der Waals surface area contributed by atoms with E-state index in [1.807, 2.05) is 0 Å². The molecule has 1 atom stereocenters. The lowest BCUT2D eigenvalue weighted by Crippen LogP contribution is -2.41. The lowest BCUT2D eigenvalue weighted by atomic mass is 9.89. The molecule has 2 amide bonds. The molecule has 0 radical (unpaired) electrons. The Labute approximate surface area is 138 Å². The highest BCUT2D eigenvalue weighted by Crippen LogP contribution is 2.21. The van der Waals surface area contributed by atoms with Gasteiger partial charge in [-0.1, -0.05) is 27.4 Å². The zero-order valence-corrected chi connectivity index (χ0v) is 14.4. The quantitative estimate of drug-likeness (QED) is 0.431. The van der Waals surface area contributed by atoms with Crippen molar-refractivity contribution < 1.29 is 14.4 Å². The molecule has 0 bridgehead atoms. The lowest BCUT2D eigenvalue weighted by Gasteiger charge is -2.18. The number of rotatable bonds is 11. The Morgan fingerprint density at radius 3 is 2.22 bits per heavy atom. The fraction of sp³-hybridized carbons (Fsp3) is 0.688. The first-order chi connectivity index (χ1) is 10.5. The summed E-state index contributed by atoms with van der Waals surface area (Å²) < 4.78 is 0. The third kappa shape index (κ3) is 12.3. The lowest BCUT2D eigenvalue weighted by molar-refractivity contribution is -0.124. The number of carbonyl (C=O) groups excluding carboxylic acids is 3. The normalized spacial score (nSPS) is 12.3. The van der Waals surface area contributed by atoms with Crippen LogP contribution in [0.25, 0.3) is 0 Å². The molecule has 0 spiro atoms. The average Bonchev–Trinajstić information content (AvgIpc) is 2.45. The highest BCUT2D eigenvalue weighted by molar-refractivity contribution is 5.84. The largest absolute Gasteiger partial charge is 0.379 e. The summed E-state index contributed by atoms with van der Waals surface area (Å²) in [6.45, 7) is 9.81. The van der Waals surface area contributed by atoms with E-state index in [2.05, 4.69) is 38.0 Å². The maximum atomic E-state index is 11.8. The predicted molar refractivity (Wildman–Crippen MR) is 90.3 cm³/mol. The number of nitrogens with one attached hydrogen (secondary N) is 2. The molecular formula is C16H30N4O3. The molecule has 0 aliphatic heterocycles. The van der Waals surface area contributed by atoms with Gasteiger partial charge < -0.3 is 22.1 Å². The summed E-state index contributed by atoms with van der Waals surface area (Å²) in [5.41, 5.74) is 11.5. The molecule has 0 aliphatic rings. The van der Waals surface area contributed by atoms with Gasteiger partial charge in [0.1, 0.15) is 5.78 Å². The molecule has 0 saturated carbocycles. The van der Waals surface area contributed by atoms with Crippen LogP contribution in [0.15, 0.2) is 12.3 Å². The van der Waals surface area contributed by atoms with Crippen LogP contribution in [-0.4, -0.2) is 36.7 Å². The molecule has 0 heterocycles. The second-order valence-electron chi connectivity index (χ2n) is 6.87. The Balaban J connectivity index is 3.95. The van der Waals surface area contributed by atoms with Crippen molar-refractivity contribution in [2.24, 2.45) is 16.9 Å². The molecule has 132 valence electrons. The van der Waals surface area contributed by atoms with Crippen molar-refractivity contribution in [3.05, 3.63) is 12.3 Å². The number of hydrogen-bond donors (Lipinski definition) is 4. The SMILES string of the molecule is C=C(NCC(=O)NCC(N)=O)C(N)CCC(=O)CCC(C)(C)C. The number of carbonyl (C=O) groups is 3. The topological polar surface area (TPSA) is 127 Å². The molecule has 0 rings (SSSR count). The van der Waals surface area contributed by atoms with Gasteiger partial charge in [-0.2, -0.15) is 0 Å². The predicted octanol–water partition coefficient (Wildman–Crippen LogP) is 0.194. The summed E-state index contributed by atoms with van der Waals surface area (Å²) in [5.74, 6) is -0.802. The highest BCUT2D eigenvalue weighted by Gasteiger charge is 2.15. The molecule has 0 aliphatic carbocycles. The Bertz CT molecular complexity index is 441. The fourth-order valence-electron chi connectivity index (χ4n) is 1.70. The minimum absolute atomic E-state index is 0.0439. The van der Waals surface area contributed by atoms with Crippen LogP contribution >= 0.6 is 0 Å². The second kappa shape index (κ2) is 9.99. The maximum absolute atomic E-state index is 11.8. The van der Waals surface area contributed by atoms with Gasteiger partial charge in [-0.15, -0.1) is 0 Å². The van der Waals surface area contributed by atoms with E-state index >= 15 is 0 Å². The molecule has 0 aromatic rings. The van der Waals surface area contributed by atoms with Crippen molar-refractivity contribution in [2.75, 3.05) is 13.1 Å². The standard InChI is InChI=1S/C16H30N4O3/c1-11(19-10-15(23)20-9-14(18)22)13(17)6-5-12(21)7-8-16(2,3)4/h13,19H,1,5-10,17H2,2-4H3,(H2,18,22)(H,20,23). The Morgan fingerprint density at radius 1 is 1.09 bits per heavy atom. The van der Waals surface area contributed by atoms with Crippen molar-refractivity contribution in [3.63, 3.8) is 0 Å². The Morgan fingerprint density at radius 2 is 1.70 bits per heavy atom. The van der Waals surface area contributed by atoms with E-state index in [-0.39, 0.29) is 30.2 Å². The minimum Gasteiger partial charge on any atom is -0.379 e. The number of hydrogen-bond acceptors (Lipinski definition) is 5. The van der Waals surface area contributed by atoms with Crippen molar-refractivity contribution in [2.45, 2.75) is 52.5 Å². The van der Waals surface area contributed by atoms with Crippen molar-refractivity contribution >= 4 is 17.6 Å². The molecule has 1 unspecified atom stereocenters. The zero-order chi connectivity index (χ0) is 18.0. The van der Waals surface area contributed by atoms with Crippen LogP contribution in [0, 0.1) is 5.41 Å². The molecule has 23 heavy (non-hydrogen) atoms. The van der Waals surface area contributed by atoms with Gasteiger partial charge in [-0.05, 0) is 18.3 Å². The van der Waals surface area contributed by atoms with Gasteiger partial charge in [0.25, 0.3) is 0 Å². The van der Waals surface area contributed by atoms with Crippen LogP contribution in [0.1, 0.15) is 46.5 Å². The van der Waals surface area contributed by atoms with Crippen molar-refractivity contribution in [1.82, 2.24) is 10.6 Å². The molecular weight excluding hydrogens is 296 g/mol. The summed E-state index contributed by atoms with van der Waals surface area (Å²) in [6.07, 6.45) is 2.27. The summed E-state index contributed by atoms with van der Waals surface area (Å²) in [5, 5.41) is 5.14. The number of primary amides is 1. The highest BCUT2D eigenvalue weighted by atomic mass is 16.2. The van der Waals surface area contributed by atoms with E-state index < -0.39 is 11.9 Å². The zero-order valence-electron chi connectivity index (χ0n) is 14.4. The van der Waals surface area contributed by atoms with Gasteiger partial charge >= 0.3 is 0 Å². The van der Waals surface area contributed by atoms with Gasteiger partial charge in [-0.3, -0.25) is 14.4 Å². The molecule has 0 aromatic heterocycles. The summed E-state index contributed by atoms with van der Waals surface area (Å²) in [6, 6.07) is -0.405. The van der Waals surface area contributed by atoms with Gasteiger partial charge in [0.2, 0.25) is 11.8 Å². The molecule has 0 aromatic carbocycles. The van der Waals surface area contributed by atoms with Crippen LogP contribution in [0.3, 0.4) is 0 Å². The van der Waals surface area contributed by atoms with Gasteiger partial charge in [0, 0.05) is 24.6 Å². The summed E-state index contributed by atoms with van der Waals surface area (Å²) in [7, 11) is 0. The number of Topliss-reactive ketones (excluding diaryl/α,β-unsaturated/α-hetero) is 1. The van der Waals surface area contributed by atoms with Crippen LogP contribution in [0.5, 0.6) is 0 Å². The smallest absolute Gasteiger partial charge is 0.239 e. The van der Waals surface area contributed by atoms with E-state index in [4.69, 9.17) is 11.5 Å². The van der Waals surface area contributed by atoms with Gasteiger partial charge in [0.15, 0.2) is 0 Å². The molecule has 0 saturated heterocycles. The average molecular weight is 326 g/mol. The van der Waals surface area contributed by atoms with E-state index in [0.717, 1.165) is 6.42 Å². The molecule has 7 heteroatoms. The first-order valence-corrected chi connectivity index (χ1v) is 7.76. The molecule has 0 fully saturated rings. The Hall–Kier alpha value is -1.89. The first-order valence-electron chi connectivity index (χ1n) is 7.76. The van der Waals surface area contributed by atoms with E-state index in [1.165, 1.54) is 0 Å². The van der Waals surface area contributed by atoms with Crippen LogP contribution < -0.4 is 22.1 Å². The van der Waals surface area contributed by atoms with Crippen LogP contribution in [0.2, 0.25) is 0 Å². The summed E-state index contributed by atoms with van der Waals surface area (Å²) >= 11 is 0. The van der Waals surface area contributed by atoms with E-state index in [0.29, 0.717) is 25.0 Å². The third-order valence-electron chi connectivity index (χ3n) is 3.27. The Kier molecular flexibility index (Phi) is 9.17. The first kappa shape index (κ1) is 21.1. The number of ketones is 1. The molecule has 6 N–H and O–H groups in total. The molecule has 7 nitrogen and oxygen atoms in total. The summed E-state index contributed by atoms with van der Waals surface area (Å²) in [4.78, 5) is 33.8. The minimum atomic E-state index is -0.609. The number of amides is 2. The van der Waals surface area contributed by atoms with E-state index in [1.54, 1.807) is 0 Å². The van der Waals surface area contributed by atoms with Crippen molar-refractivity contribution in [1.29, 1.82) is 0 Å².